The summed E-state index contributed by atoms with van der Waals surface area (Å²) < 4.78 is 6.21. The summed E-state index contributed by atoms with van der Waals surface area (Å²) in [6.45, 7) is 0. The molecule has 0 saturated carbocycles. The first-order chi connectivity index (χ1) is 16.4. The lowest BCUT2D eigenvalue weighted by atomic mass is 9.95. The van der Waals surface area contributed by atoms with E-state index in [0.29, 0.717) is 16.2 Å². The van der Waals surface area contributed by atoms with Gasteiger partial charge >= 0.3 is 5.91 Å². The molecule has 1 unspecified atom stereocenters. The van der Waals surface area contributed by atoms with Crippen LogP contribution in [0.2, 0.25) is 10.0 Å². The highest BCUT2D eigenvalue weighted by Gasteiger charge is 2.48. The van der Waals surface area contributed by atoms with Crippen LogP contribution in [0.5, 0.6) is 5.75 Å². The van der Waals surface area contributed by atoms with Gasteiger partial charge in [0.25, 0.3) is 5.78 Å². The average Bonchev–Trinajstić information content (AvgIpc) is 3.37. The Morgan fingerprint density at radius 2 is 1.85 bits per heavy atom. The summed E-state index contributed by atoms with van der Waals surface area (Å²) in [4.78, 5) is 36.5. The van der Waals surface area contributed by atoms with Crippen molar-refractivity contribution < 1.29 is 19.4 Å². The zero-order chi connectivity index (χ0) is 24.0. The van der Waals surface area contributed by atoms with Gasteiger partial charge in [-0.1, -0.05) is 46.7 Å². The Bertz CT molecular complexity index is 1450. The number of carbonyl (C=O) groups excluding carboxylic acids is 2. The number of rotatable bonds is 4. The van der Waals surface area contributed by atoms with Crippen molar-refractivity contribution in [3.05, 3.63) is 87.7 Å². The number of aromatic nitrogens is 2. The zero-order valence-corrected chi connectivity index (χ0v) is 19.9. The summed E-state index contributed by atoms with van der Waals surface area (Å²) in [5.41, 5.74) is 1.23. The number of Topliss-reactive ketones (excluding diaryl/α,β-unsaturated/α-hetero) is 1. The Morgan fingerprint density at radius 3 is 2.56 bits per heavy atom. The van der Waals surface area contributed by atoms with Gasteiger partial charge in [-0.3, -0.25) is 19.5 Å². The van der Waals surface area contributed by atoms with Crippen LogP contribution in [0.3, 0.4) is 0 Å². The fraction of sp³-hybridized carbons (Fsp3) is 0.0833. The van der Waals surface area contributed by atoms with E-state index in [9.17, 15) is 14.7 Å². The lowest BCUT2D eigenvalue weighted by molar-refractivity contribution is -0.132. The molecule has 0 aliphatic carbocycles. The molecule has 1 saturated heterocycles. The largest absolute Gasteiger partial charge is 0.507 e. The van der Waals surface area contributed by atoms with E-state index in [4.69, 9.17) is 27.9 Å². The number of aliphatic hydroxyl groups is 1. The number of aliphatic hydroxyl groups excluding tert-OH is 1. The predicted octanol–water partition coefficient (Wildman–Crippen LogP) is 5.63. The van der Waals surface area contributed by atoms with Crippen LogP contribution in [0.4, 0.5) is 5.13 Å². The molecule has 170 valence electrons. The molecule has 1 aliphatic heterocycles. The molecule has 0 bridgehead atoms. The van der Waals surface area contributed by atoms with Gasteiger partial charge in [0, 0.05) is 17.4 Å². The molecule has 34 heavy (non-hydrogen) atoms. The van der Waals surface area contributed by atoms with E-state index in [0.717, 1.165) is 4.70 Å². The van der Waals surface area contributed by atoms with Gasteiger partial charge in [0.1, 0.15) is 11.5 Å². The van der Waals surface area contributed by atoms with Gasteiger partial charge in [-0.15, -0.1) is 0 Å². The van der Waals surface area contributed by atoms with Crippen LogP contribution in [0.25, 0.3) is 16.0 Å². The Kier molecular flexibility index (Phi) is 5.73. The topological polar surface area (TPSA) is 92.6 Å². The standard InChI is InChI=1S/C24H15Cl2N3O4S/c1-33-22-14(10-13(25)11-15(22)26)20(30)18-19(12-6-8-27-9-7-12)29(23(32)21(18)31)24-28-16-4-2-3-5-17(16)34-24/h2-11,19,30H,1H3/b20-18+. The van der Waals surface area contributed by atoms with Gasteiger partial charge in [0.2, 0.25) is 0 Å². The van der Waals surface area contributed by atoms with Gasteiger partial charge in [-0.25, -0.2) is 4.98 Å². The molecule has 0 radical (unpaired) electrons. The number of anilines is 1. The highest BCUT2D eigenvalue weighted by atomic mass is 35.5. The Hall–Kier alpha value is -3.46. The molecule has 1 fully saturated rings. The first kappa shape index (κ1) is 22.3. The van der Waals surface area contributed by atoms with Crippen molar-refractivity contribution in [3.8, 4) is 5.75 Å². The first-order valence-electron chi connectivity index (χ1n) is 10.0. The van der Waals surface area contributed by atoms with E-state index in [-0.39, 0.29) is 26.9 Å². The molecule has 2 aromatic heterocycles. The Balaban J connectivity index is 1.77. The summed E-state index contributed by atoms with van der Waals surface area (Å²) in [7, 11) is 1.38. The van der Waals surface area contributed by atoms with Crippen LogP contribution in [0, 0.1) is 0 Å². The number of ether oxygens (including phenoxy) is 1. The van der Waals surface area contributed by atoms with Crippen LogP contribution in [0.1, 0.15) is 17.2 Å². The van der Waals surface area contributed by atoms with E-state index < -0.39 is 23.5 Å². The molecule has 0 spiro atoms. The second-order valence-corrected chi connectivity index (χ2v) is 9.23. The third-order valence-electron chi connectivity index (χ3n) is 5.42. The number of ketones is 1. The van der Waals surface area contributed by atoms with Crippen molar-refractivity contribution in [2.75, 3.05) is 12.0 Å². The van der Waals surface area contributed by atoms with E-state index in [1.807, 2.05) is 24.3 Å². The third-order valence-corrected chi connectivity index (χ3v) is 6.96. The quantitative estimate of drug-likeness (QED) is 0.216. The van der Waals surface area contributed by atoms with E-state index in [1.54, 1.807) is 24.5 Å². The first-order valence-corrected chi connectivity index (χ1v) is 11.6. The molecule has 1 N–H and O–H groups in total. The molecule has 4 aromatic rings. The van der Waals surface area contributed by atoms with Crippen LogP contribution >= 0.6 is 34.5 Å². The maximum Gasteiger partial charge on any atom is 0.301 e. The maximum atomic E-state index is 13.3. The fourth-order valence-corrected chi connectivity index (χ4v) is 5.51. The van der Waals surface area contributed by atoms with E-state index in [1.165, 1.54) is 35.5 Å². The summed E-state index contributed by atoms with van der Waals surface area (Å²) in [6, 6.07) is 12.7. The number of hydrogen-bond acceptors (Lipinski definition) is 7. The number of halogens is 2. The zero-order valence-electron chi connectivity index (χ0n) is 17.5. The number of pyridine rings is 1. The predicted molar refractivity (Wildman–Crippen MR) is 132 cm³/mol. The van der Waals surface area contributed by atoms with Crippen molar-refractivity contribution in [1.29, 1.82) is 0 Å². The lowest BCUT2D eigenvalue weighted by Crippen LogP contribution is -2.29. The second-order valence-electron chi connectivity index (χ2n) is 7.38. The van der Waals surface area contributed by atoms with Crippen molar-refractivity contribution in [2.24, 2.45) is 0 Å². The molecule has 2 aromatic carbocycles. The molecule has 5 rings (SSSR count). The van der Waals surface area contributed by atoms with Gasteiger partial charge in [-0.05, 0) is 42.0 Å². The molecular formula is C24H15Cl2N3O4S. The Morgan fingerprint density at radius 1 is 1.12 bits per heavy atom. The van der Waals surface area contributed by atoms with Crippen molar-refractivity contribution in [1.82, 2.24) is 9.97 Å². The summed E-state index contributed by atoms with van der Waals surface area (Å²) >= 11 is 13.7. The number of hydrogen-bond donors (Lipinski definition) is 1. The van der Waals surface area contributed by atoms with Crippen LogP contribution in [0.15, 0.2) is 66.5 Å². The summed E-state index contributed by atoms with van der Waals surface area (Å²) in [5.74, 6) is -2.00. The molecular weight excluding hydrogens is 497 g/mol. The highest BCUT2D eigenvalue weighted by molar-refractivity contribution is 7.22. The van der Waals surface area contributed by atoms with Gasteiger partial charge < -0.3 is 9.84 Å². The van der Waals surface area contributed by atoms with Crippen molar-refractivity contribution >= 4 is 67.3 Å². The summed E-state index contributed by atoms with van der Waals surface area (Å²) in [6.07, 6.45) is 3.09. The molecule has 1 atom stereocenters. The second kappa shape index (κ2) is 8.72. The number of para-hydroxylation sites is 1. The van der Waals surface area contributed by atoms with Crippen LogP contribution in [-0.4, -0.2) is 33.9 Å². The lowest BCUT2D eigenvalue weighted by Gasteiger charge is -2.23. The van der Waals surface area contributed by atoms with Crippen molar-refractivity contribution in [2.45, 2.75) is 6.04 Å². The minimum absolute atomic E-state index is 0.0985. The van der Waals surface area contributed by atoms with E-state index in [2.05, 4.69) is 9.97 Å². The SMILES string of the molecule is COc1c(Cl)cc(Cl)cc1/C(O)=C1\C(=O)C(=O)N(c2nc3ccccc3s2)C1c1ccncc1. The fourth-order valence-electron chi connectivity index (χ4n) is 3.94. The summed E-state index contributed by atoms with van der Waals surface area (Å²) in [5, 5.41) is 12.1. The average molecular weight is 512 g/mol. The normalized spacial score (nSPS) is 17.5. The number of benzene rings is 2. The van der Waals surface area contributed by atoms with Crippen LogP contribution < -0.4 is 9.64 Å². The number of nitrogens with zero attached hydrogens (tertiary/aromatic N) is 3. The number of thiazole rings is 1. The van der Waals surface area contributed by atoms with E-state index >= 15 is 0 Å². The number of methoxy groups -OCH3 is 1. The smallest absolute Gasteiger partial charge is 0.301 e. The minimum Gasteiger partial charge on any atom is -0.507 e. The third kappa shape index (κ3) is 3.60. The number of amides is 1. The molecule has 1 amide bonds. The molecule has 3 heterocycles. The van der Waals surface area contributed by atoms with Gasteiger partial charge in [-0.2, -0.15) is 0 Å². The van der Waals surface area contributed by atoms with Gasteiger partial charge in [0.05, 0.1) is 39.5 Å². The Labute approximate surface area is 207 Å². The maximum absolute atomic E-state index is 13.3. The minimum atomic E-state index is -0.953. The highest BCUT2D eigenvalue weighted by Crippen LogP contribution is 2.46. The van der Waals surface area contributed by atoms with Crippen molar-refractivity contribution in [3.63, 3.8) is 0 Å². The molecule has 10 heteroatoms. The monoisotopic (exact) mass is 511 g/mol. The number of carbonyl (C=O) groups is 2. The molecule has 1 aliphatic rings. The van der Waals surface area contributed by atoms with Gasteiger partial charge in [0.15, 0.2) is 5.13 Å². The van der Waals surface area contributed by atoms with Crippen LogP contribution in [-0.2, 0) is 9.59 Å². The number of fused-ring (bicyclic) bond motifs is 1. The molecule has 7 nitrogen and oxygen atoms in total.